The van der Waals surface area contributed by atoms with E-state index < -0.39 is 9.84 Å². The first-order chi connectivity index (χ1) is 13.1. The molecule has 6 nitrogen and oxygen atoms in total. The Kier molecular flexibility index (Phi) is 5.93. The zero-order valence-electron chi connectivity index (χ0n) is 16.8. The highest BCUT2D eigenvalue weighted by Crippen LogP contribution is 2.26. The number of piperazine rings is 1. The summed E-state index contributed by atoms with van der Waals surface area (Å²) in [5, 5.41) is 3.24. The van der Waals surface area contributed by atoms with E-state index >= 15 is 0 Å². The lowest BCUT2D eigenvalue weighted by Gasteiger charge is -2.34. The van der Waals surface area contributed by atoms with Crippen molar-refractivity contribution >= 4 is 27.1 Å². The Morgan fingerprint density at radius 1 is 1.14 bits per heavy atom. The van der Waals surface area contributed by atoms with Crippen molar-refractivity contribution in [1.82, 2.24) is 14.8 Å². The largest absolute Gasteiger partial charge is 0.336 e. The number of carbonyl (C=O) groups excluding carboxylic acids is 1. The van der Waals surface area contributed by atoms with Gasteiger partial charge in [-0.3, -0.25) is 9.69 Å². The van der Waals surface area contributed by atoms with Crippen LogP contribution >= 0.6 is 11.3 Å². The van der Waals surface area contributed by atoms with Crippen LogP contribution in [-0.2, 0) is 21.8 Å². The molecule has 0 bridgehead atoms. The predicted octanol–water partition coefficient (Wildman–Crippen LogP) is 2.80. The summed E-state index contributed by atoms with van der Waals surface area (Å²) in [5.41, 5.74) is 1.38. The van der Waals surface area contributed by atoms with E-state index in [-0.39, 0.29) is 21.8 Å². The molecule has 0 aliphatic carbocycles. The van der Waals surface area contributed by atoms with Gasteiger partial charge in [0.25, 0.3) is 5.91 Å². The minimum absolute atomic E-state index is 0.0566. The molecule has 0 atom stereocenters. The molecule has 1 aromatic carbocycles. The summed E-state index contributed by atoms with van der Waals surface area (Å²) in [7, 11) is -3.44. The minimum Gasteiger partial charge on any atom is -0.336 e. The monoisotopic (exact) mass is 421 g/mol. The molecule has 1 aliphatic rings. The molecule has 8 heteroatoms. The van der Waals surface area contributed by atoms with E-state index in [4.69, 9.17) is 4.98 Å². The number of sulfone groups is 1. The SMILES string of the molecule is CC(C)(C)c1nc(CN2CCN(C(=O)c3ccccc3S(C)(=O)=O)CC2)cs1. The number of aromatic nitrogens is 1. The molecule has 3 rings (SSSR count). The zero-order chi connectivity index (χ0) is 20.5. The van der Waals surface area contributed by atoms with E-state index in [0.717, 1.165) is 36.6 Å². The lowest BCUT2D eigenvalue weighted by atomic mass is 9.98. The quantitative estimate of drug-likeness (QED) is 0.759. The van der Waals surface area contributed by atoms with Crippen LogP contribution in [0.3, 0.4) is 0 Å². The topological polar surface area (TPSA) is 70.6 Å². The van der Waals surface area contributed by atoms with Crippen molar-refractivity contribution < 1.29 is 13.2 Å². The summed E-state index contributed by atoms with van der Waals surface area (Å²) < 4.78 is 24.0. The van der Waals surface area contributed by atoms with Crippen LogP contribution in [0.2, 0.25) is 0 Å². The summed E-state index contributed by atoms with van der Waals surface area (Å²) in [6.07, 6.45) is 1.14. The third-order valence-electron chi connectivity index (χ3n) is 4.76. The van der Waals surface area contributed by atoms with E-state index in [1.807, 2.05) is 0 Å². The highest BCUT2D eigenvalue weighted by molar-refractivity contribution is 7.90. The molecule has 0 unspecified atom stereocenters. The molecule has 0 N–H and O–H groups in total. The molecule has 1 aromatic heterocycles. The highest BCUT2D eigenvalue weighted by Gasteiger charge is 2.26. The van der Waals surface area contributed by atoms with E-state index in [1.165, 1.54) is 6.07 Å². The summed E-state index contributed by atoms with van der Waals surface area (Å²) in [6.45, 7) is 9.90. The van der Waals surface area contributed by atoms with Crippen molar-refractivity contribution in [2.24, 2.45) is 0 Å². The van der Waals surface area contributed by atoms with Gasteiger partial charge in [-0.15, -0.1) is 11.3 Å². The molecule has 1 amide bonds. The molecule has 28 heavy (non-hydrogen) atoms. The second-order valence-electron chi connectivity index (χ2n) is 8.23. The predicted molar refractivity (Wildman–Crippen MR) is 112 cm³/mol. The van der Waals surface area contributed by atoms with Crippen molar-refractivity contribution in [2.75, 3.05) is 32.4 Å². The lowest BCUT2D eigenvalue weighted by molar-refractivity contribution is 0.0623. The van der Waals surface area contributed by atoms with Gasteiger partial charge >= 0.3 is 0 Å². The van der Waals surface area contributed by atoms with Gasteiger partial charge in [-0.25, -0.2) is 13.4 Å². The Bertz CT molecular complexity index is 953. The van der Waals surface area contributed by atoms with Gasteiger partial charge in [0.15, 0.2) is 9.84 Å². The van der Waals surface area contributed by atoms with Crippen molar-refractivity contribution in [3.8, 4) is 0 Å². The maximum atomic E-state index is 12.9. The van der Waals surface area contributed by atoms with Gasteiger partial charge in [0.05, 0.1) is 21.2 Å². The van der Waals surface area contributed by atoms with Gasteiger partial charge in [-0.2, -0.15) is 0 Å². The van der Waals surface area contributed by atoms with Crippen molar-refractivity contribution in [1.29, 1.82) is 0 Å². The Labute approximate surface area is 171 Å². The smallest absolute Gasteiger partial charge is 0.255 e. The van der Waals surface area contributed by atoms with Gasteiger partial charge in [0.2, 0.25) is 0 Å². The first kappa shape index (κ1) is 21.0. The molecule has 0 radical (unpaired) electrons. The summed E-state index contributed by atoms with van der Waals surface area (Å²) in [4.78, 5) is 21.7. The van der Waals surface area contributed by atoms with Crippen LogP contribution in [0, 0.1) is 0 Å². The molecule has 1 fully saturated rings. The molecule has 1 aliphatic heterocycles. The number of rotatable bonds is 4. The molecule has 2 aromatic rings. The molecular formula is C20H27N3O3S2. The maximum Gasteiger partial charge on any atom is 0.255 e. The van der Waals surface area contributed by atoms with Crippen LogP contribution in [0.5, 0.6) is 0 Å². The number of amides is 1. The number of carbonyl (C=O) groups is 1. The normalized spacial score (nSPS) is 16.4. The Balaban J connectivity index is 1.63. The van der Waals surface area contributed by atoms with Gasteiger partial charge in [-0.05, 0) is 12.1 Å². The molecule has 0 spiro atoms. The van der Waals surface area contributed by atoms with E-state index in [9.17, 15) is 13.2 Å². The molecule has 152 valence electrons. The molecule has 1 saturated heterocycles. The standard InChI is InChI=1S/C20H27N3O3S2/c1-20(2,3)19-21-15(14-27-19)13-22-9-11-23(12-10-22)18(24)16-7-5-6-8-17(16)28(4,25)26/h5-8,14H,9-13H2,1-4H3. The Morgan fingerprint density at radius 2 is 1.79 bits per heavy atom. The fourth-order valence-corrected chi connectivity index (χ4v) is 4.98. The van der Waals surface area contributed by atoms with Gasteiger partial charge < -0.3 is 4.90 Å². The average molecular weight is 422 g/mol. The summed E-state index contributed by atoms with van der Waals surface area (Å²) in [6, 6.07) is 6.43. The first-order valence-corrected chi connectivity index (χ1v) is 12.1. The van der Waals surface area contributed by atoms with E-state index in [1.54, 1.807) is 34.4 Å². The van der Waals surface area contributed by atoms with Crippen molar-refractivity contribution in [3.63, 3.8) is 0 Å². The summed E-state index contributed by atoms with van der Waals surface area (Å²) in [5.74, 6) is -0.218. The van der Waals surface area contributed by atoms with Gasteiger partial charge in [0, 0.05) is 49.8 Å². The lowest BCUT2D eigenvalue weighted by Crippen LogP contribution is -2.48. The second kappa shape index (κ2) is 7.93. The second-order valence-corrected chi connectivity index (χ2v) is 11.1. The Hall–Kier alpha value is -1.77. The van der Waals surface area contributed by atoms with Crippen LogP contribution in [-0.4, -0.2) is 61.5 Å². The number of hydrogen-bond donors (Lipinski definition) is 0. The van der Waals surface area contributed by atoms with Crippen LogP contribution in [0.1, 0.15) is 41.8 Å². The number of hydrogen-bond acceptors (Lipinski definition) is 6. The van der Waals surface area contributed by atoms with Crippen molar-refractivity contribution in [2.45, 2.75) is 37.6 Å². The van der Waals surface area contributed by atoms with E-state index in [2.05, 4.69) is 31.1 Å². The minimum atomic E-state index is -3.44. The molecular weight excluding hydrogens is 394 g/mol. The summed E-state index contributed by atoms with van der Waals surface area (Å²) >= 11 is 1.69. The van der Waals surface area contributed by atoms with Crippen LogP contribution in [0.15, 0.2) is 34.5 Å². The third kappa shape index (κ3) is 4.79. The fraction of sp³-hybridized carbons (Fsp3) is 0.500. The van der Waals surface area contributed by atoms with Gasteiger partial charge in [0.1, 0.15) is 0 Å². The van der Waals surface area contributed by atoms with Crippen LogP contribution in [0.4, 0.5) is 0 Å². The zero-order valence-corrected chi connectivity index (χ0v) is 18.4. The highest BCUT2D eigenvalue weighted by atomic mass is 32.2. The molecule has 2 heterocycles. The third-order valence-corrected chi connectivity index (χ3v) is 7.23. The van der Waals surface area contributed by atoms with Crippen LogP contribution < -0.4 is 0 Å². The average Bonchev–Trinajstić information content (AvgIpc) is 3.10. The maximum absolute atomic E-state index is 12.9. The number of thiazole rings is 1. The van der Waals surface area contributed by atoms with E-state index in [0.29, 0.717) is 13.1 Å². The van der Waals surface area contributed by atoms with Crippen molar-refractivity contribution in [3.05, 3.63) is 45.9 Å². The molecule has 0 saturated carbocycles. The Morgan fingerprint density at radius 3 is 2.36 bits per heavy atom. The first-order valence-electron chi connectivity index (χ1n) is 9.31. The fourth-order valence-electron chi connectivity index (χ4n) is 3.20. The number of nitrogens with zero attached hydrogens (tertiary/aromatic N) is 3. The van der Waals surface area contributed by atoms with Crippen LogP contribution in [0.25, 0.3) is 0 Å². The van der Waals surface area contributed by atoms with Gasteiger partial charge in [-0.1, -0.05) is 32.9 Å². The number of benzene rings is 1.